The lowest BCUT2D eigenvalue weighted by Gasteiger charge is -2.34. The molecule has 1 aliphatic rings. The number of hydrogen-bond donors (Lipinski definition) is 2. The summed E-state index contributed by atoms with van der Waals surface area (Å²) in [6, 6.07) is 1.53. The number of piperazine rings is 1. The second kappa shape index (κ2) is 8.06. The highest BCUT2D eigenvalue weighted by molar-refractivity contribution is 7.87. The van der Waals surface area contributed by atoms with Crippen LogP contribution in [0.15, 0.2) is 10.6 Å². The normalized spacial score (nSPS) is 17.3. The van der Waals surface area contributed by atoms with E-state index in [2.05, 4.69) is 20.1 Å². The lowest BCUT2D eigenvalue weighted by Crippen LogP contribution is -2.53. The van der Waals surface area contributed by atoms with Crippen LogP contribution >= 0.6 is 0 Å². The van der Waals surface area contributed by atoms with Crippen LogP contribution < -0.4 is 10.0 Å². The summed E-state index contributed by atoms with van der Waals surface area (Å²) in [5.41, 5.74) is 0. The van der Waals surface area contributed by atoms with E-state index in [9.17, 15) is 13.2 Å². The SMILES string of the molecule is Cc1cc(NC(=O)CCN2CCN(S(=O)(=O)NC(C)C)CC2)no1. The minimum Gasteiger partial charge on any atom is -0.360 e. The molecule has 1 saturated heterocycles. The van der Waals surface area contributed by atoms with Gasteiger partial charge in [-0.3, -0.25) is 4.79 Å². The second-order valence-electron chi connectivity index (χ2n) is 6.14. The predicted molar refractivity (Wildman–Crippen MR) is 89.7 cm³/mol. The van der Waals surface area contributed by atoms with Gasteiger partial charge < -0.3 is 14.7 Å². The summed E-state index contributed by atoms with van der Waals surface area (Å²) in [6.45, 7) is 7.98. The van der Waals surface area contributed by atoms with E-state index in [0.29, 0.717) is 50.7 Å². The van der Waals surface area contributed by atoms with E-state index in [1.807, 2.05) is 0 Å². The topological polar surface area (TPSA) is 108 Å². The molecule has 1 amide bonds. The van der Waals surface area contributed by atoms with Crippen LogP contribution in [0.1, 0.15) is 26.0 Å². The number of aromatic nitrogens is 1. The van der Waals surface area contributed by atoms with Crippen LogP contribution in [-0.2, 0) is 15.0 Å². The molecular formula is C14H25N5O4S. The van der Waals surface area contributed by atoms with E-state index in [4.69, 9.17) is 4.52 Å². The zero-order valence-corrected chi connectivity index (χ0v) is 15.1. The Balaban J connectivity index is 1.72. The molecule has 1 aromatic heterocycles. The van der Waals surface area contributed by atoms with Crippen LogP contribution in [0, 0.1) is 6.92 Å². The van der Waals surface area contributed by atoms with Gasteiger partial charge in [-0.05, 0) is 20.8 Å². The number of nitrogens with zero attached hydrogens (tertiary/aromatic N) is 3. The molecular weight excluding hydrogens is 334 g/mol. The average Bonchev–Trinajstić information content (AvgIpc) is 2.89. The molecule has 136 valence electrons. The Hall–Kier alpha value is -1.49. The first kappa shape index (κ1) is 18.8. The van der Waals surface area contributed by atoms with Crippen molar-refractivity contribution in [1.82, 2.24) is 19.1 Å². The summed E-state index contributed by atoms with van der Waals surface area (Å²) in [5, 5.41) is 6.38. The number of carbonyl (C=O) groups is 1. The summed E-state index contributed by atoms with van der Waals surface area (Å²) in [4.78, 5) is 14.0. The van der Waals surface area contributed by atoms with Crippen molar-refractivity contribution in [2.45, 2.75) is 33.2 Å². The van der Waals surface area contributed by atoms with Crippen LogP contribution in [0.25, 0.3) is 0 Å². The summed E-state index contributed by atoms with van der Waals surface area (Å²) < 4.78 is 33.1. The van der Waals surface area contributed by atoms with E-state index in [0.717, 1.165) is 0 Å². The van der Waals surface area contributed by atoms with Gasteiger partial charge in [0.05, 0.1) is 0 Å². The molecule has 0 atom stereocenters. The van der Waals surface area contributed by atoms with Crippen LogP contribution in [0.3, 0.4) is 0 Å². The first-order chi connectivity index (χ1) is 11.3. The van der Waals surface area contributed by atoms with Gasteiger partial charge in [-0.15, -0.1) is 0 Å². The molecule has 0 radical (unpaired) electrons. The van der Waals surface area contributed by atoms with Gasteiger partial charge >= 0.3 is 0 Å². The molecule has 1 aliphatic heterocycles. The zero-order valence-electron chi connectivity index (χ0n) is 14.3. The molecule has 2 rings (SSSR count). The molecule has 0 aliphatic carbocycles. The van der Waals surface area contributed by atoms with E-state index < -0.39 is 10.2 Å². The summed E-state index contributed by atoms with van der Waals surface area (Å²) in [6.07, 6.45) is 0.322. The van der Waals surface area contributed by atoms with Crippen LogP contribution in [0.2, 0.25) is 0 Å². The molecule has 0 spiro atoms. The van der Waals surface area contributed by atoms with Gasteiger partial charge in [-0.1, -0.05) is 5.16 Å². The third-order valence-electron chi connectivity index (χ3n) is 3.61. The molecule has 1 aromatic rings. The standard InChI is InChI=1S/C14H25N5O4S/c1-11(2)17-24(21,22)19-8-6-18(7-9-19)5-4-14(20)15-13-10-12(3)23-16-13/h10-11,17H,4-9H2,1-3H3,(H,15,16,20). The van der Waals surface area contributed by atoms with Crippen molar-refractivity contribution >= 4 is 21.9 Å². The molecule has 2 heterocycles. The average molecular weight is 359 g/mol. The number of nitrogens with one attached hydrogen (secondary N) is 2. The van der Waals surface area contributed by atoms with Crippen molar-refractivity contribution in [3.63, 3.8) is 0 Å². The summed E-state index contributed by atoms with van der Waals surface area (Å²) in [7, 11) is -3.42. The summed E-state index contributed by atoms with van der Waals surface area (Å²) in [5.74, 6) is 0.908. The minimum atomic E-state index is -3.42. The highest BCUT2D eigenvalue weighted by Crippen LogP contribution is 2.09. The van der Waals surface area contributed by atoms with Crippen LogP contribution in [0.5, 0.6) is 0 Å². The van der Waals surface area contributed by atoms with Crippen molar-refractivity contribution in [3.8, 4) is 0 Å². The highest BCUT2D eigenvalue weighted by Gasteiger charge is 2.27. The molecule has 1 fully saturated rings. The Morgan fingerprint density at radius 3 is 2.54 bits per heavy atom. The van der Waals surface area contributed by atoms with E-state index in [1.165, 1.54) is 4.31 Å². The lowest BCUT2D eigenvalue weighted by molar-refractivity contribution is -0.116. The molecule has 24 heavy (non-hydrogen) atoms. The number of aryl methyl sites for hydroxylation is 1. The minimum absolute atomic E-state index is 0.128. The molecule has 9 nitrogen and oxygen atoms in total. The first-order valence-corrected chi connectivity index (χ1v) is 9.43. The van der Waals surface area contributed by atoms with Gasteiger partial charge in [0, 0.05) is 51.3 Å². The fraction of sp³-hybridized carbons (Fsp3) is 0.714. The lowest BCUT2D eigenvalue weighted by atomic mass is 10.3. The summed E-state index contributed by atoms with van der Waals surface area (Å²) >= 11 is 0. The molecule has 10 heteroatoms. The second-order valence-corrected chi connectivity index (χ2v) is 7.84. The van der Waals surface area contributed by atoms with Gasteiger partial charge in [-0.2, -0.15) is 17.4 Å². The number of amides is 1. The molecule has 0 unspecified atom stereocenters. The van der Waals surface area contributed by atoms with Gasteiger partial charge in [0.15, 0.2) is 5.82 Å². The Morgan fingerprint density at radius 2 is 2.00 bits per heavy atom. The fourth-order valence-corrected chi connectivity index (χ4v) is 3.85. The molecule has 2 N–H and O–H groups in total. The van der Waals surface area contributed by atoms with Crippen molar-refractivity contribution in [3.05, 3.63) is 11.8 Å². The van der Waals surface area contributed by atoms with Crippen LogP contribution in [0.4, 0.5) is 5.82 Å². The van der Waals surface area contributed by atoms with Crippen molar-refractivity contribution in [2.24, 2.45) is 0 Å². The van der Waals surface area contributed by atoms with E-state index in [-0.39, 0.29) is 11.9 Å². The molecule has 0 bridgehead atoms. The van der Waals surface area contributed by atoms with Crippen LogP contribution in [-0.4, -0.2) is 67.5 Å². The van der Waals surface area contributed by atoms with Crippen molar-refractivity contribution < 1.29 is 17.7 Å². The van der Waals surface area contributed by atoms with Gasteiger partial charge in [-0.25, -0.2) is 0 Å². The maximum absolute atomic E-state index is 12.1. The Kier molecular flexibility index (Phi) is 6.33. The Bertz CT molecular complexity index is 650. The number of hydrogen-bond acceptors (Lipinski definition) is 6. The number of carbonyl (C=O) groups excluding carboxylic acids is 1. The number of rotatable bonds is 7. The monoisotopic (exact) mass is 359 g/mol. The number of anilines is 1. The fourth-order valence-electron chi connectivity index (χ4n) is 2.46. The zero-order chi connectivity index (χ0) is 17.7. The maximum atomic E-state index is 12.1. The predicted octanol–water partition coefficient (Wildman–Crippen LogP) is 0.172. The largest absolute Gasteiger partial charge is 0.360 e. The first-order valence-electron chi connectivity index (χ1n) is 7.99. The quantitative estimate of drug-likeness (QED) is 0.719. The maximum Gasteiger partial charge on any atom is 0.279 e. The van der Waals surface area contributed by atoms with Crippen molar-refractivity contribution in [1.29, 1.82) is 0 Å². The van der Waals surface area contributed by atoms with E-state index in [1.54, 1.807) is 26.8 Å². The third-order valence-corrected chi connectivity index (χ3v) is 5.42. The Labute approximate surface area is 142 Å². The van der Waals surface area contributed by atoms with Crippen molar-refractivity contribution in [2.75, 3.05) is 38.0 Å². The third kappa shape index (κ3) is 5.55. The smallest absolute Gasteiger partial charge is 0.279 e. The Morgan fingerprint density at radius 1 is 1.33 bits per heavy atom. The van der Waals surface area contributed by atoms with Gasteiger partial charge in [0.25, 0.3) is 10.2 Å². The molecule has 0 saturated carbocycles. The van der Waals surface area contributed by atoms with Gasteiger partial charge in [0.1, 0.15) is 5.76 Å². The van der Waals surface area contributed by atoms with Gasteiger partial charge in [0.2, 0.25) is 5.91 Å². The molecule has 0 aromatic carbocycles. The highest BCUT2D eigenvalue weighted by atomic mass is 32.2. The van der Waals surface area contributed by atoms with E-state index >= 15 is 0 Å².